The van der Waals surface area contributed by atoms with Crippen LogP contribution in [0.15, 0.2) is 24.3 Å². The lowest BCUT2D eigenvalue weighted by atomic mass is 9.95. The third-order valence-electron chi connectivity index (χ3n) is 4.90. The zero-order chi connectivity index (χ0) is 16.7. The van der Waals surface area contributed by atoms with Gasteiger partial charge in [0.25, 0.3) is 0 Å². The van der Waals surface area contributed by atoms with Crippen LogP contribution in [-0.4, -0.2) is 44.6 Å². The maximum atomic E-state index is 12.5. The Morgan fingerprint density at radius 1 is 1.30 bits per heavy atom. The predicted molar refractivity (Wildman–Crippen MR) is 92.7 cm³/mol. The molecule has 0 spiro atoms. The Morgan fingerprint density at radius 3 is 2.65 bits per heavy atom. The van der Waals surface area contributed by atoms with Gasteiger partial charge in [-0.3, -0.25) is 4.79 Å². The van der Waals surface area contributed by atoms with Gasteiger partial charge in [-0.05, 0) is 18.6 Å². The van der Waals surface area contributed by atoms with Gasteiger partial charge in [0.2, 0.25) is 5.91 Å². The molecule has 0 unspecified atom stereocenters. The standard InChI is InChI=1S/C19H30N2O2/c1-4-5-12-20(2)19(22)16-10-13-21(14-11-16)15-17-8-6-7-9-18(17)23-3/h6-9,16H,4-5,10-15H2,1-3H3/p+1. The second-order valence-corrected chi connectivity index (χ2v) is 6.63. The number of nitrogens with one attached hydrogen (secondary N) is 1. The van der Waals surface area contributed by atoms with Crippen LogP contribution in [0.25, 0.3) is 0 Å². The molecule has 1 heterocycles. The van der Waals surface area contributed by atoms with E-state index >= 15 is 0 Å². The number of para-hydroxylation sites is 1. The second-order valence-electron chi connectivity index (χ2n) is 6.63. The lowest BCUT2D eigenvalue weighted by molar-refractivity contribution is -0.919. The van der Waals surface area contributed by atoms with E-state index in [9.17, 15) is 4.79 Å². The summed E-state index contributed by atoms with van der Waals surface area (Å²) in [7, 11) is 3.68. The molecule has 1 aromatic carbocycles. The molecule has 4 heteroatoms. The highest BCUT2D eigenvalue weighted by molar-refractivity contribution is 5.78. The number of carbonyl (C=O) groups is 1. The van der Waals surface area contributed by atoms with Crippen molar-refractivity contribution in [2.24, 2.45) is 5.92 Å². The molecular formula is C19H31N2O2+. The number of rotatable bonds is 7. The number of hydrogen-bond acceptors (Lipinski definition) is 2. The lowest BCUT2D eigenvalue weighted by Gasteiger charge is -2.31. The molecule has 1 amide bonds. The van der Waals surface area contributed by atoms with E-state index in [1.54, 1.807) is 12.0 Å². The van der Waals surface area contributed by atoms with Gasteiger partial charge in [-0.15, -0.1) is 0 Å². The fourth-order valence-electron chi connectivity index (χ4n) is 3.39. The second kappa shape index (κ2) is 8.92. The van der Waals surface area contributed by atoms with Gasteiger partial charge < -0.3 is 14.5 Å². The number of quaternary nitrogens is 1. The number of carbonyl (C=O) groups excluding carboxylic acids is 1. The number of piperidine rings is 1. The number of unbranched alkanes of at least 4 members (excludes halogenated alkanes) is 1. The maximum absolute atomic E-state index is 12.5. The van der Waals surface area contributed by atoms with E-state index in [0.29, 0.717) is 5.91 Å². The molecule has 0 radical (unpaired) electrons. The Bertz CT molecular complexity index is 496. The summed E-state index contributed by atoms with van der Waals surface area (Å²) in [5.41, 5.74) is 1.26. The Balaban J connectivity index is 1.83. The fraction of sp³-hybridized carbons (Fsp3) is 0.632. The number of methoxy groups -OCH3 is 1. The molecule has 1 aliphatic heterocycles. The largest absolute Gasteiger partial charge is 0.496 e. The van der Waals surface area contributed by atoms with Crippen LogP contribution in [0.5, 0.6) is 5.75 Å². The van der Waals surface area contributed by atoms with Crippen LogP contribution in [0.1, 0.15) is 38.2 Å². The third-order valence-corrected chi connectivity index (χ3v) is 4.90. The quantitative estimate of drug-likeness (QED) is 0.831. The highest BCUT2D eigenvalue weighted by Gasteiger charge is 2.29. The Kier molecular flexibility index (Phi) is 6.90. The first kappa shape index (κ1) is 17.8. The van der Waals surface area contributed by atoms with Gasteiger partial charge in [-0.25, -0.2) is 0 Å². The van der Waals surface area contributed by atoms with E-state index in [1.807, 2.05) is 24.1 Å². The molecule has 0 aliphatic carbocycles. The van der Waals surface area contributed by atoms with Crippen molar-refractivity contribution in [3.63, 3.8) is 0 Å². The highest BCUT2D eigenvalue weighted by Crippen LogP contribution is 2.17. The van der Waals surface area contributed by atoms with Crippen molar-refractivity contribution in [2.75, 3.05) is 33.8 Å². The summed E-state index contributed by atoms with van der Waals surface area (Å²) in [6.45, 7) is 6.17. The van der Waals surface area contributed by atoms with E-state index in [-0.39, 0.29) is 5.92 Å². The average molecular weight is 319 g/mol. The van der Waals surface area contributed by atoms with Crippen molar-refractivity contribution in [1.29, 1.82) is 0 Å². The average Bonchev–Trinajstić information content (AvgIpc) is 2.60. The molecule has 23 heavy (non-hydrogen) atoms. The molecule has 1 N–H and O–H groups in total. The van der Waals surface area contributed by atoms with Crippen molar-refractivity contribution in [3.05, 3.63) is 29.8 Å². The van der Waals surface area contributed by atoms with Crippen LogP contribution in [0.4, 0.5) is 0 Å². The Hall–Kier alpha value is -1.55. The normalized spacial score (nSPS) is 21.0. The van der Waals surface area contributed by atoms with Gasteiger partial charge in [0.1, 0.15) is 12.3 Å². The number of ether oxygens (including phenoxy) is 1. The van der Waals surface area contributed by atoms with E-state index in [2.05, 4.69) is 19.1 Å². The molecule has 0 atom stereocenters. The minimum absolute atomic E-state index is 0.221. The molecule has 1 fully saturated rings. The number of amides is 1. The summed E-state index contributed by atoms with van der Waals surface area (Å²) in [6, 6.07) is 8.24. The SMILES string of the molecule is CCCCN(C)C(=O)C1CC[NH+](Cc2ccccc2OC)CC1. The number of likely N-dealkylation sites (tertiary alicyclic amines) is 1. The zero-order valence-corrected chi connectivity index (χ0v) is 14.8. The van der Waals surface area contributed by atoms with E-state index in [4.69, 9.17) is 4.74 Å². The van der Waals surface area contributed by atoms with Crippen LogP contribution in [0.3, 0.4) is 0 Å². The first-order chi connectivity index (χ1) is 11.2. The fourth-order valence-corrected chi connectivity index (χ4v) is 3.39. The van der Waals surface area contributed by atoms with Crippen molar-refractivity contribution in [3.8, 4) is 5.75 Å². The number of benzene rings is 1. The first-order valence-corrected chi connectivity index (χ1v) is 8.86. The lowest BCUT2D eigenvalue weighted by Crippen LogP contribution is -3.11. The number of hydrogen-bond donors (Lipinski definition) is 1. The molecule has 2 rings (SSSR count). The minimum atomic E-state index is 0.221. The molecule has 4 nitrogen and oxygen atoms in total. The van der Waals surface area contributed by atoms with Crippen molar-refractivity contribution in [2.45, 2.75) is 39.2 Å². The highest BCUT2D eigenvalue weighted by atomic mass is 16.5. The smallest absolute Gasteiger partial charge is 0.225 e. The molecule has 0 saturated carbocycles. The molecule has 128 valence electrons. The van der Waals surface area contributed by atoms with Crippen molar-refractivity contribution < 1.29 is 14.4 Å². The maximum Gasteiger partial charge on any atom is 0.225 e. The van der Waals surface area contributed by atoms with Gasteiger partial charge >= 0.3 is 0 Å². The summed E-state index contributed by atoms with van der Waals surface area (Å²) in [6.07, 6.45) is 4.23. The summed E-state index contributed by atoms with van der Waals surface area (Å²) in [5, 5.41) is 0. The van der Waals surface area contributed by atoms with E-state index in [0.717, 1.165) is 57.6 Å². The Morgan fingerprint density at radius 2 is 2.00 bits per heavy atom. The van der Waals surface area contributed by atoms with Gasteiger partial charge in [0.15, 0.2) is 0 Å². The summed E-state index contributed by atoms with van der Waals surface area (Å²) >= 11 is 0. The molecule has 1 aromatic rings. The van der Waals surface area contributed by atoms with Crippen LogP contribution < -0.4 is 9.64 Å². The number of nitrogens with zero attached hydrogens (tertiary/aromatic N) is 1. The van der Waals surface area contributed by atoms with Crippen molar-refractivity contribution >= 4 is 5.91 Å². The molecule has 1 aliphatic rings. The van der Waals surface area contributed by atoms with Gasteiger partial charge in [0, 0.05) is 37.9 Å². The van der Waals surface area contributed by atoms with Gasteiger partial charge in [-0.2, -0.15) is 0 Å². The summed E-state index contributed by atoms with van der Waals surface area (Å²) in [5.74, 6) is 1.53. The Labute approximate surface area is 140 Å². The summed E-state index contributed by atoms with van der Waals surface area (Å²) < 4.78 is 5.44. The van der Waals surface area contributed by atoms with Gasteiger partial charge in [-0.1, -0.05) is 25.5 Å². The van der Waals surface area contributed by atoms with Crippen molar-refractivity contribution in [1.82, 2.24) is 4.90 Å². The minimum Gasteiger partial charge on any atom is -0.496 e. The molecular weight excluding hydrogens is 288 g/mol. The van der Waals surface area contributed by atoms with E-state index < -0.39 is 0 Å². The zero-order valence-electron chi connectivity index (χ0n) is 14.8. The van der Waals surface area contributed by atoms with Crippen LogP contribution in [0.2, 0.25) is 0 Å². The van der Waals surface area contributed by atoms with Crippen LogP contribution in [0, 0.1) is 5.92 Å². The molecule has 0 aromatic heterocycles. The molecule has 0 bridgehead atoms. The molecule has 1 saturated heterocycles. The first-order valence-electron chi connectivity index (χ1n) is 8.86. The van der Waals surface area contributed by atoms with Crippen LogP contribution >= 0.6 is 0 Å². The van der Waals surface area contributed by atoms with Gasteiger partial charge in [0.05, 0.1) is 20.2 Å². The third kappa shape index (κ3) is 4.96. The summed E-state index contributed by atoms with van der Waals surface area (Å²) in [4.78, 5) is 15.9. The van der Waals surface area contributed by atoms with E-state index in [1.165, 1.54) is 5.56 Å². The monoisotopic (exact) mass is 319 g/mol. The van der Waals surface area contributed by atoms with Crippen LogP contribution in [-0.2, 0) is 11.3 Å². The topological polar surface area (TPSA) is 34.0 Å². The predicted octanol–water partition coefficient (Wildman–Crippen LogP) is 1.75.